The van der Waals surface area contributed by atoms with E-state index in [4.69, 9.17) is 14.2 Å². The molecule has 1 aromatic carbocycles. The molecule has 2 aromatic rings. The van der Waals surface area contributed by atoms with Crippen LogP contribution in [0.4, 0.5) is 4.79 Å². The standard InChI is InChI=1S/C21H26N4O4/c26-21(22-15-9-5-2-6-10-15)29-18-13-28-19-17(12-27-20(18)19)25-11-16(23-24-25)14-7-3-1-4-8-14/h1,3-4,7-8,11,15,17-20H,2,5-6,9-10,12-13H2,(H,22,26). The predicted molar refractivity (Wildman–Crippen MR) is 104 cm³/mol. The van der Waals surface area contributed by atoms with Crippen LogP contribution in [0.5, 0.6) is 0 Å². The third-order valence-electron chi connectivity index (χ3n) is 6.09. The lowest BCUT2D eigenvalue weighted by molar-refractivity contribution is 0.00170. The number of amides is 1. The summed E-state index contributed by atoms with van der Waals surface area (Å²) in [6, 6.07) is 10.1. The van der Waals surface area contributed by atoms with Crippen molar-refractivity contribution in [3.63, 3.8) is 0 Å². The molecule has 4 unspecified atom stereocenters. The van der Waals surface area contributed by atoms with E-state index < -0.39 is 6.10 Å². The van der Waals surface area contributed by atoms with Crippen LogP contribution in [0.2, 0.25) is 0 Å². The van der Waals surface area contributed by atoms with Gasteiger partial charge in [0.05, 0.1) is 19.4 Å². The average Bonchev–Trinajstić information content (AvgIpc) is 3.47. The second-order valence-electron chi connectivity index (χ2n) is 8.04. The Morgan fingerprint density at radius 2 is 1.86 bits per heavy atom. The number of alkyl carbamates (subject to hydrolysis) is 1. The van der Waals surface area contributed by atoms with E-state index in [1.54, 1.807) is 4.68 Å². The van der Waals surface area contributed by atoms with Gasteiger partial charge in [0.2, 0.25) is 0 Å². The Bertz CT molecular complexity index is 836. The van der Waals surface area contributed by atoms with Gasteiger partial charge in [-0.25, -0.2) is 9.48 Å². The van der Waals surface area contributed by atoms with Gasteiger partial charge in [-0.05, 0) is 12.8 Å². The molecule has 154 valence electrons. The van der Waals surface area contributed by atoms with Crippen molar-refractivity contribution < 1.29 is 19.0 Å². The Morgan fingerprint density at radius 3 is 2.69 bits per heavy atom. The van der Waals surface area contributed by atoms with Crippen molar-refractivity contribution in [3.8, 4) is 11.3 Å². The average molecular weight is 398 g/mol. The Morgan fingerprint density at radius 1 is 1.07 bits per heavy atom. The van der Waals surface area contributed by atoms with Crippen LogP contribution in [0.3, 0.4) is 0 Å². The van der Waals surface area contributed by atoms with E-state index in [2.05, 4.69) is 15.6 Å². The van der Waals surface area contributed by atoms with Crippen LogP contribution in [0.15, 0.2) is 36.5 Å². The Balaban J connectivity index is 1.20. The third-order valence-corrected chi connectivity index (χ3v) is 6.09. The molecule has 0 radical (unpaired) electrons. The summed E-state index contributed by atoms with van der Waals surface area (Å²) in [4.78, 5) is 12.3. The van der Waals surface area contributed by atoms with E-state index in [-0.39, 0.29) is 30.4 Å². The van der Waals surface area contributed by atoms with Crippen molar-refractivity contribution in [2.24, 2.45) is 0 Å². The lowest BCUT2D eigenvalue weighted by atomic mass is 9.96. The summed E-state index contributed by atoms with van der Waals surface area (Å²) in [7, 11) is 0. The molecule has 4 atom stereocenters. The molecule has 2 aliphatic heterocycles. The van der Waals surface area contributed by atoms with Gasteiger partial charge in [0.15, 0.2) is 6.10 Å². The van der Waals surface area contributed by atoms with Crippen molar-refractivity contribution in [2.75, 3.05) is 13.2 Å². The fourth-order valence-corrected chi connectivity index (χ4v) is 4.54. The highest BCUT2D eigenvalue weighted by Gasteiger charge is 2.50. The Labute approximate surface area is 169 Å². The molecule has 3 fully saturated rings. The lowest BCUT2D eigenvalue weighted by Gasteiger charge is -2.24. The summed E-state index contributed by atoms with van der Waals surface area (Å²) < 4.78 is 19.3. The molecule has 1 aliphatic carbocycles. The molecule has 29 heavy (non-hydrogen) atoms. The fourth-order valence-electron chi connectivity index (χ4n) is 4.54. The monoisotopic (exact) mass is 398 g/mol. The lowest BCUT2D eigenvalue weighted by Crippen LogP contribution is -2.41. The van der Waals surface area contributed by atoms with Gasteiger partial charge in [0.1, 0.15) is 23.9 Å². The van der Waals surface area contributed by atoms with Gasteiger partial charge in [-0.15, -0.1) is 5.10 Å². The normalized spacial score (nSPS) is 29.5. The number of fused-ring (bicyclic) bond motifs is 1. The number of benzene rings is 1. The Hall–Kier alpha value is -2.45. The van der Waals surface area contributed by atoms with Gasteiger partial charge in [0.25, 0.3) is 0 Å². The van der Waals surface area contributed by atoms with Gasteiger partial charge >= 0.3 is 6.09 Å². The molecule has 0 spiro atoms. The number of ether oxygens (including phenoxy) is 3. The molecule has 3 heterocycles. The first-order valence-electron chi connectivity index (χ1n) is 10.5. The van der Waals surface area contributed by atoms with E-state index in [9.17, 15) is 4.79 Å². The SMILES string of the molecule is O=C(NC1CCCCC1)OC1COC2C1OCC2n1cc(-c2ccccc2)nn1. The number of carbonyl (C=O) groups excluding carboxylic acids is 1. The molecule has 2 saturated heterocycles. The van der Waals surface area contributed by atoms with E-state index in [0.717, 1.165) is 36.9 Å². The topological polar surface area (TPSA) is 87.5 Å². The number of hydrogen-bond acceptors (Lipinski definition) is 6. The zero-order valence-electron chi connectivity index (χ0n) is 16.3. The molecule has 1 saturated carbocycles. The molecule has 1 aromatic heterocycles. The highest BCUT2D eigenvalue weighted by molar-refractivity contribution is 5.68. The van der Waals surface area contributed by atoms with Gasteiger partial charge in [0, 0.05) is 11.6 Å². The van der Waals surface area contributed by atoms with Gasteiger partial charge in [-0.2, -0.15) is 0 Å². The maximum absolute atomic E-state index is 12.3. The predicted octanol–water partition coefficient (Wildman–Crippen LogP) is 2.71. The van der Waals surface area contributed by atoms with Crippen molar-refractivity contribution in [2.45, 2.75) is 62.5 Å². The summed E-state index contributed by atoms with van der Waals surface area (Å²) in [5.41, 5.74) is 1.83. The number of nitrogens with zero attached hydrogens (tertiary/aromatic N) is 3. The van der Waals surface area contributed by atoms with E-state index in [0.29, 0.717) is 13.2 Å². The maximum Gasteiger partial charge on any atom is 0.407 e. The van der Waals surface area contributed by atoms with Crippen molar-refractivity contribution in [3.05, 3.63) is 36.5 Å². The Kier molecular flexibility index (Phi) is 5.20. The van der Waals surface area contributed by atoms with Crippen molar-refractivity contribution >= 4 is 6.09 Å². The first-order valence-corrected chi connectivity index (χ1v) is 10.5. The summed E-state index contributed by atoms with van der Waals surface area (Å²) in [6.45, 7) is 0.793. The molecule has 1 N–H and O–H groups in total. The molecular weight excluding hydrogens is 372 g/mol. The zero-order valence-corrected chi connectivity index (χ0v) is 16.3. The van der Waals surface area contributed by atoms with E-state index in [1.165, 1.54) is 6.42 Å². The van der Waals surface area contributed by atoms with Gasteiger partial charge in [-0.3, -0.25) is 0 Å². The number of nitrogens with one attached hydrogen (secondary N) is 1. The van der Waals surface area contributed by atoms with Crippen molar-refractivity contribution in [1.82, 2.24) is 20.3 Å². The van der Waals surface area contributed by atoms with Crippen LogP contribution in [0, 0.1) is 0 Å². The minimum Gasteiger partial charge on any atom is -0.441 e. The summed E-state index contributed by atoms with van der Waals surface area (Å²) in [5.74, 6) is 0. The molecule has 5 rings (SSSR count). The van der Waals surface area contributed by atoms with E-state index in [1.807, 2.05) is 36.5 Å². The maximum atomic E-state index is 12.3. The largest absolute Gasteiger partial charge is 0.441 e. The molecule has 0 bridgehead atoms. The minimum atomic E-state index is -0.397. The van der Waals surface area contributed by atoms with Crippen LogP contribution in [0.25, 0.3) is 11.3 Å². The second-order valence-corrected chi connectivity index (χ2v) is 8.04. The van der Waals surface area contributed by atoms with Crippen LogP contribution < -0.4 is 5.32 Å². The van der Waals surface area contributed by atoms with Crippen LogP contribution in [0.1, 0.15) is 38.1 Å². The summed E-state index contributed by atoms with van der Waals surface area (Å²) >= 11 is 0. The molecule has 8 heteroatoms. The van der Waals surface area contributed by atoms with Crippen LogP contribution in [-0.4, -0.2) is 58.7 Å². The molecule has 1 amide bonds. The quantitative estimate of drug-likeness (QED) is 0.852. The smallest absolute Gasteiger partial charge is 0.407 e. The minimum absolute atomic E-state index is 0.0834. The molecule has 3 aliphatic rings. The highest BCUT2D eigenvalue weighted by Crippen LogP contribution is 2.35. The van der Waals surface area contributed by atoms with Crippen LogP contribution in [-0.2, 0) is 14.2 Å². The zero-order chi connectivity index (χ0) is 19.6. The van der Waals surface area contributed by atoms with Crippen molar-refractivity contribution in [1.29, 1.82) is 0 Å². The number of carbonyl (C=O) groups is 1. The van der Waals surface area contributed by atoms with E-state index >= 15 is 0 Å². The number of hydrogen-bond donors (Lipinski definition) is 1. The third kappa shape index (κ3) is 3.86. The second kappa shape index (κ2) is 8.12. The summed E-state index contributed by atoms with van der Waals surface area (Å²) in [5, 5.41) is 11.6. The highest BCUT2D eigenvalue weighted by atomic mass is 16.6. The molecule has 8 nitrogen and oxygen atoms in total. The first-order chi connectivity index (χ1) is 14.3. The number of aromatic nitrogens is 3. The fraction of sp³-hybridized carbons (Fsp3) is 0.571. The number of rotatable bonds is 4. The first kappa shape index (κ1) is 18.6. The van der Waals surface area contributed by atoms with Gasteiger partial charge in [-0.1, -0.05) is 54.8 Å². The summed E-state index contributed by atoms with van der Waals surface area (Å²) in [6.07, 6.45) is 6.29. The molecular formula is C21H26N4O4. The van der Waals surface area contributed by atoms with Crippen LogP contribution >= 0.6 is 0 Å². The van der Waals surface area contributed by atoms with Gasteiger partial charge < -0.3 is 19.5 Å².